The molecule has 1 saturated heterocycles. The van der Waals surface area contributed by atoms with Gasteiger partial charge in [0.15, 0.2) is 6.29 Å². The van der Waals surface area contributed by atoms with Gasteiger partial charge < -0.3 is 50.5 Å². The average Bonchev–Trinajstić information content (AvgIpc) is 3.00. The van der Waals surface area contributed by atoms with Crippen LogP contribution in [0.5, 0.6) is 0 Å². The first-order valence-electron chi connectivity index (χ1n) is 37.0. The van der Waals surface area contributed by atoms with Crippen molar-refractivity contribution in [2.75, 3.05) is 13.2 Å². The van der Waals surface area contributed by atoms with Crippen LogP contribution in [0.3, 0.4) is 0 Å². The summed E-state index contributed by atoms with van der Waals surface area (Å²) in [4.78, 5) is 13.3. The molecule has 0 spiro atoms. The maximum absolute atomic E-state index is 13.3. The number of hydrogen-bond acceptors (Lipinski definition) is 10. The summed E-state index contributed by atoms with van der Waals surface area (Å²) in [5.41, 5.74) is 0. The van der Waals surface area contributed by atoms with E-state index < -0.39 is 74.2 Å². The van der Waals surface area contributed by atoms with Crippen molar-refractivity contribution in [2.45, 2.75) is 409 Å². The number of carbonyl (C=O) groups is 1. The van der Waals surface area contributed by atoms with Gasteiger partial charge in [0.2, 0.25) is 5.91 Å². The van der Waals surface area contributed by atoms with E-state index in [9.17, 15) is 40.5 Å². The maximum Gasteiger partial charge on any atom is 0.249 e. The summed E-state index contributed by atoms with van der Waals surface area (Å²) in [7, 11) is 0. The molecule has 1 fully saturated rings. The number of unbranched alkanes of at least 4 members (excludes halogenated alkanes) is 45. The van der Waals surface area contributed by atoms with Crippen molar-refractivity contribution < 1.29 is 50.0 Å². The second-order valence-corrected chi connectivity index (χ2v) is 26.0. The Morgan fingerprint density at radius 3 is 1.03 bits per heavy atom. The summed E-state index contributed by atoms with van der Waals surface area (Å²) < 4.78 is 11.2. The highest BCUT2D eigenvalue weighted by Crippen LogP contribution is 2.24. The van der Waals surface area contributed by atoms with Gasteiger partial charge in [-0.25, -0.2) is 0 Å². The molecule has 8 N–H and O–H groups in total. The van der Waals surface area contributed by atoms with Gasteiger partial charge in [-0.15, -0.1) is 0 Å². The minimum atomic E-state index is -1.68. The van der Waals surface area contributed by atoms with Crippen molar-refractivity contribution in [3.8, 4) is 0 Å². The smallest absolute Gasteiger partial charge is 0.249 e. The van der Waals surface area contributed by atoms with Gasteiger partial charge in [0, 0.05) is 0 Å². The van der Waals surface area contributed by atoms with E-state index in [2.05, 4.69) is 67.8 Å². The van der Waals surface area contributed by atoms with Crippen molar-refractivity contribution in [3.63, 3.8) is 0 Å². The van der Waals surface area contributed by atoms with Crippen LogP contribution in [-0.2, 0) is 14.3 Å². The highest BCUT2D eigenvalue weighted by atomic mass is 16.7. The van der Waals surface area contributed by atoms with E-state index in [1.165, 1.54) is 263 Å². The number of amides is 1. The monoisotopic (exact) mass is 1220 g/mol. The first-order valence-corrected chi connectivity index (χ1v) is 37.0. The van der Waals surface area contributed by atoms with Crippen LogP contribution in [0.25, 0.3) is 0 Å². The second kappa shape index (κ2) is 63.2. The van der Waals surface area contributed by atoms with E-state index in [0.29, 0.717) is 19.3 Å². The van der Waals surface area contributed by atoms with Gasteiger partial charge in [-0.05, 0) is 89.9 Å². The van der Waals surface area contributed by atoms with Gasteiger partial charge in [0.25, 0.3) is 0 Å². The molecule has 1 rings (SSSR count). The van der Waals surface area contributed by atoms with E-state index in [1.54, 1.807) is 0 Å². The quantitative estimate of drug-likeness (QED) is 0.0215. The van der Waals surface area contributed by atoms with E-state index in [0.717, 1.165) is 44.9 Å². The molecule has 86 heavy (non-hydrogen) atoms. The van der Waals surface area contributed by atoms with E-state index in [4.69, 9.17) is 9.47 Å². The molecule has 1 aliphatic rings. The molecule has 0 bridgehead atoms. The highest BCUT2D eigenvalue weighted by molar-refractivity contribution is 5.80. The molecule has 9 unspecified atom stereocenters. The zero-order valence-electron chi connectivity index (χ0n) is 56.1. The molecule has 0 aromatic heterocycles. The lowest BCUT2D eigenvalue weighted by Crippen LogP contribution is -2.60. The molecule has 0 saturated carbocycles. The van der Waals surface area contributed by atoms with Crippen LogP contribution in [0.15, 0.2) is 48.6 Å². The Hall–Kier alpha value is -1.93. The summed E-state index contributed by atoms with van der Waals surface area (Å²) >= 11 is 0. The van der Waals surface area contributed by atoms with Crippen LogP contribution in [0.1, 0.15) is 354 Å². The Labute approximate surface area is 529 Å². The zero-order valence-corrected chi connectivity index (χ0v) is 56.1. The van der Waals surface area contributed by atoms with Crippen LogP contribution in [0.4, 0.5) is 0 Å². The summed E-state index contributed by atoms with van der Waals surface area (Å²) in [5, 5.41) is 76.5. The molecule has 1 amide bonds. The van der Waals surface area contributed by atoms with Crippen molar-refractivity contribution >= 4 is 5.91 Å². The third-order valence-electron chi connectivity index (χ3n) is 17.8. The second-order valence-electron chi connectivity index (χ2n) is 26.0. The number of aliphatic hydroxyl groups excluding tert-OH is 7. The van der Waals surface area contributed by atoms with E-state index >= 15 is 0 Å². The van der Waals surface area contributed by atoms with Crippen molar-refractivity contribution in [1.29, 1.82) is 0 Å². The van der Waals surface area contributed by atoms with Gasteiger partial charge >= 0.3 is 0 Å². The number of hydrogen-bond donors (Lipinski definition) is 8. The Morgan fingerprint density at radius 2 is 0.698 bits per heavy atom. The minimum Gasteiger partial charge on any atom is -0.394 e. The first kappa shape index (κ1) is 82.1. The Bertz CT molecular complexity index is 1540. The van der Waals surface area contributed by atoms with Crippen LogP contribution >= 0.6 is 0 Å². The van der Waals surface area contributed by atoms with E-state index in [1.807, 2.05) is 0 Å². The summed E-state index contributed by atoms with van der Waals surface area (Å²) in [6.45, 7) is 3.49. The normalized spacial score (nSPS) is 19.0. The predicted molar refractivity (Wildman–Crippen MR) is 362 cm³/mol. The molecule has 11 nitrogen and oxygen atoms in total. The third-order valence-corrected chi connectivity index (χ3v) is 17.8. The van der Waals surface area contributed by atoms with Crippen LogP contribution in [-0.4, -0.2) is 110 Å². The standard InChI is InChI=1S/C75H141NO10/c1-3-5-7-9-11-13-15-17-19-21-23-25-27-29-31-33-34-35-37-39-41-43-45-47-49-51-53-55-57-59-61-63-68(79)74(84)76-66(65-85-75-73(83)72(82)71(81)69(64-77)86-75)70(80)67(78)62-60-58-56-54-52-50-48-46-44-42-40-38-36-32-30-28-26-24-22-20-18-16-14-12-10-8-6-4-2/h29,31,38,40,46,48,54,56,66-73,75,77-83H,3-28,30,32-37,39,41-45,47,49-53,55,57-65H2,1-2H3,(H,76,84)/b31-29-,40-38+,48-46+,56-54+. The van der Waals surface area contributed by atoms with Crippen molar-refractivity contribution in [2.24, 2.45) is 0 Å². The lowest BCUT2D eigenvalue weighted by Gasteiger charge is -2.40. The molecule has 1 heterocycles. The average molecular weight is 1220 g/mol. The molecular weight excluding hydrogens is 1070 g/mol. The number of allylic oxidation sites excluding steroid dienone is 8. The topological polar surface area (TPSA) is 189 Å². The summed E-state index contributed by atoms with van der Waals surface area (Å²) in [5.74, 6) is -0.708. The van der Waals surface area contributed by atoms with Gasteiger partial charge in [0.1, 0.15) is 36.6 Å². The molecule has 0 aromatic rings. The fraction of sp³-hybridized carbons (Fsp3) is 0.880. The van der Waals surface area contributed by atoms with Crippen LogP contribution < -0.4 is 5.32 Å². The number of ether oxygens (including phenoxy) is 2. The Balaban J connectivity index is 2.21. The SMILES string of the molecule is CCCCCCCCCCCCCC/C=C\CCCCCCCCCCCCCCCCCC(O)C(=O)NC(COC1OC(CO)C(O)C(O)C1O)C(O)C(O)CCC/C=C/CC/C=C/CC/C=C/CCCCCCCCCCCCCCCCC. The van der Waals surface area contributed by atoms with Crippen LogP contribution in [0.2, 0.25) is 0 Å². The molecule has 0 aliphatic carbocycles. The molecule has 0 aromatic carbocycles. The van der Waals surface area contributed by atoms with E-state index in [-0.39, 0.29) is 12.8 Å². The fourth-order valence-corrected chi connectivity index (χ4v) is 11.9. The van der Waals surface area contributed by atoms with Gasteiger partial charge in [-0.2, -0.15) is 0 Å². The Kier molecular flexibility index (Phi) is 60.3. The minimum absolute atomic E-state index is 0.242. The third kappa shape index (κ3) is 49.8. The van der Waals surface area contributed by atoms with Crippen molar-refractivity contribution in [1.82, 2.24) is 5.32 Å². The fourth-order valence-electron chi connectivity index (χ4n) is 11.9. The number of nitrogens with one attached hydrogen (secondary N) is 1. The molecule has 0 radical (unpaired) electrons. The predicted octanol–water partition coefficient (Wildman–Crippen LogP) is 18.3. The molecule has 11 heteroatoms. The van der Waals surface area contributed by atoms with Crippen LogP contribution in [0, 0.1) is 0 Å². The van der Waals surface area contributed by atoms with Gasteiger partial charge in [-0.1, -0.05) is 313 Å². The summed E-state index contributed by atoms with van der Waals surface area (Å²) in [6, 6.07) is -1.20. The molecule has 506 valence electrons. The maximum atomic E-state index is 13.3. The molecular formula is C75H141NO10. The first-order chi connectivity index (χ1) is 42.2. The molecule has 9 atom stereocenters. The molecule has 1 aliphatic heterocycles. The Morgan fingerprint density at radius 1 is 0.395 bits per heavy atom. The van der Waals surface area contributed by atoms with Gasteiger partial charge in [0.05, 0.1) is 25.4 Å². The zero-order chi connectivity index (χ0) is 62.4. The van der Waals surface area contributed by atoms with Crippen molar-refractivity contribution in [3.05, 3.63) is 48.6 Å². The lowest BCUT2D eigenvalue weighted by molar-refractivity contribution is -0.303. The number of aliphatic hydroxyl groups is 7. The van der Waals surface area contributed by atoms with Gasteiger partial charge in [-0.3, -0.25) is 4.79 Å². The number of rotatable bonds is 65. The highest BCUT2D eigenvalue weighted by Gasteiger charge is 2.44. The lowest BCUT2D eigenvalue weighted by atomic mass is 9.98. The number of carbonyl (C=O) groups excluding carboxylic acids is 1. The largest absolute Gasteiger partial charge is 0.394 e. The summed E-state index contributed by atoms with van der Waals surface area (Å²) in [6.07, 6.45) is 72.1.